The maximum Gasteiger partial charge on any atom is 0.433 e. The number of aromatic nitrogens is 1. The van der Waals surface area contributed by atoms with Gasteiger partial charge in [-0.15, -0.1) is 0 Å². The quantitative estimate of drug-likeness (QED) is 0.805. The maximum atomic E-state index is 13.0. The Morgan fingerprint density at radius 1 is 1.24 bits per heavy atom. The molecular weight excluding hydrogens is 283 g/mol. The van der Waals surface area contributed by atoms with Crippen LogP contribution in [0.4, 0.5) is 13.2 Å². The predicted octanol–water partition coefficient (Wildman–Crippen LogP) is 3.67. The van der Waals surface area contributed by atoms with Crippen molar-refractivity contribution >= 4 is 16.7 Å². The number of carbonyl (C=O) groups excluding carboxylic acids is 1. The summed E-state index contributed by atoms with van der Waals surface area (Å²) in [4.78, 5) is 15.2. The van der Waals surface area contributed by atoms with Gasteiger partial charge in [0.05, 0.1) is 18.2 Å². The van der Waals surface area contributed by atoms with Crippen LogP contribution in [0.3, 0.4) is 0 Å². The molecule has 1 unspecified atom stereocenters. The normalized spacial score (nSPS) is 20.0. The van der Waals surface area contributed by atoms with Gasteiger partial charge in [0.2, 0.25) is 0 Å². The number of alkyl halides is 3. The zero-order chi connectivity index (χ0) is 15.0. The highest BCUT2D eigenvalue weighted by molar-refractivity contribution is 5.85. The Labute approximate surface area is 118 Å². The number of hydrogen-bond acceptors (Lipinski definition) is 3. The number of hydrogen-bond donors (Lipinski definition) is 0. The molecule has 1 aromatic heterocycles. The van der Waals surface area contributed by atoms with Crippen LogP contribution in [0.5, 0.6) is 0 Å². The fourth-order valence-corrected chi connectivity index (χ4v) is 2.50. The van der Waals surface area contributed by atoms with Crippen molar-refractivity contribution in [2.45, 2.75) is 25.1 Å². The summed E-state index contributed by atoms with van der Waals surface area (Å²) in [7, 11) is 0. The van der Waals surface area contributed by atoms with E-state index in [0.29, 0.717) is 17.4 Å². The molecule has 0 saturated carbocycles. The number of para-hydroxylation sites is 1. The minimum Gasteiger partial charge on any atom is -0.373 e. The number of fused-ring (bicyclic) bond motifs is 1. The zero-order valence-electron chi connectivity index (χ0n) is 11.0. The van der Waals surface area contributed by atoms with Gasteiger partial charge < -0.3 is 4.74 Å². The van der Waals surface area contributed by atoms with Gasteiger partial charge in [-0.25, -0.2) is 4.98 Å². The summed E-state index contributed by atoms with van der Waals surface area (Å²) in [5.41, 5.74) is -0.331. The average Bonchev–Trinajstić information content (AvgIpc) is 2.45. The van der Waals surface area contributed by atoms with Gasteiger partial charge in [0.1, 0.15) is 11.5 Å². The zero-order valence-corrected chi connectivity index (χ0v) is 11.0. The first-order valence-electron chi connectivity index (χ1n) is 6.55. The Bertz CT molecular complexity index is 697. The van der Waals surface area contributed by atoms with Crippen molar-refractivity contribution in [2.24, 2.45) is 0 Å². The first kappa shape index (κ1) is 14.0. The van der Waals surface area contributed by atoms with Crippen LogP contribution in [-0.2, 0) is 15.7 Å². The van der Waals surface area contributed by atoms with Gasteiger partial charge in [-0.1, -0.05) is 18.2 Å². The van der Waals surface area contributed by atoms with Crippen LogP contribution in [0.1, 0.15) is 30.2 Å². The average molecular weight is 295 g/mol. The Balaban J connectivity index is 2.17. The molecule has 110 valence electrons. The standard InChI is InChI=1S/C15H12F3NO2/c16-15(17,18)14-8-11(13-7-9(20)5-6-21-13)10-3-1-2-4-12(10)19-14/h1-4,8,13H,5-7H2. The highest BCUT2D eigenvalue weighted by Gasteiger charge is 2.34. The number of carbonyl (C=O) groups is 1. The minimum absolute atomic E-state index is 0.000650. The highest BCUT2D eigenvalue weighted by Crippen LogP contribution is 2.36. The number of benzene rings is 1. The number of ether oxygens (including phenoxy) is 1. The van der Waals surface area contributed by atoms with Gasteiger partial charge in [-0.05, 0) is 17.7 Å². The summed E-state index contributed by atoms with van der Waals surface area (Å²) in [5, 5.41) is 0.588. The molecule has 1 atom stereocenters. The van der Waals surface area contributed by atoms with Crippen LogP contribution in [0.15, 0.2) is 30.3 Å². The Morgan fingerprint density at radius 3 is 2.71 bits per heavy atom. The number of rotatable bonds is 1. The third-order valence-electron chi connectivity index (χ3n) is 3.50. The topological polar surface area (TPSA) is 39.2 Å². The van der Waals surface area contributed by atoms with Gasteiger partial charge in [0, 0.05) is 18.2 Å². The van der Waals surface area contributed by atoms with E-state index in [9.17, 15) is 18.0 Å². The van der Waals surface area contributed by atoms with Crippen LogP contribution in [0.25, 0.3) is 10.9 Å². The summed E-state index contributed by atoms with van der Waals surface area (Å²) in [6.45, 7) is 0.238. The summed E-state index contributed by atoms with van der Waals surface area (Å²) in [6, 6.07) is 7.57. The molecule has 0 bridgehead atoms. The summed E-state index contributed by atoms with van der Waals surface area (Å²) >= 11 is 0. The molecule has 1 saturated heterocycles. The number of halogens is 3. The van der Waals surface area contributed by atoms with E-state index in [1.54, 1.807) is 18.2 Å². The first-order valence-corrected chi connectivity index (χ1v) is 6.55. The third kappa shape index (κ3) is 2.76. The van der Waals surface area contributed by atoms with Crippen molar-refractivity contribution < 1.29 is 22.7 Å². The fraction of sp³-hybridized carbons (Fsp3) is 0.333. The molecule has 1 aromatic carbocycles. The number of Topliss-reactive ketones (excluding diaryl/α,β-unsaturated/α-hetero) is 1. The van der Waals surface area contributed by atoms with Crippen molar-refractivity contribution in [3.8, 4) is 0 Å². The monoisotopic (exact) mass is 295 g/mol. The maximum absolute atomic E-state index is 13.0. The molecule has 0 N–H and O–H groups in total. The van der Waals surface area contributed by atoms with E-state index in [1.165, 1.54) is 6.07 Å². The number of pyridine rings is 1. The van der Waals surface area contributed by atoms with Crippen molar-refractivity contribution in [2.75, 3.05) is 6.61 Å². The summed E-state index contributed by atoms with van der Waals surface area (Å²) in [6.07, 6.45) is -4.76. The van der Waals surface area contributed by atoms with E-state index in [2.05, 4.69) is 4.98 Å². The minimum atomic E-state index is -4.53. The van der Waals surface area contributed by atoms with Crippen molar-refractivity contribution in [3.05, 3.63) is 41.6 Å². The van der Waals surface area contributed by atoms with E-state index in [1.807, 2.05) is 0 Å². The molecule has 1 aliphatic rings. The van der Waals surface area contributed by atoms with Gasteiger partial charge >= 0.3 is 6.18 Å². The SMILES string of the molecule is O=C1CCOC(c2cc(C(F)(F)F)nc3ccccc23)C1. The van der Waals surface area contributed by atoms with Gasteiger partial charge in [0.15, 0.2) is 0 Å². The first-order chi connectivity index (χ1) is 9.95. The molecule has 3 nitrogen and oxygen atoms in total. The Kier molecular flexibility index (Phi) is 3.41. The van der Waals surface area contributed by atoms with E-state index in [-0.39, 0.29) is 24.3 Å². The van der Waals surface area contributed by atoms with E-state index >= 15 is 0 Å². The van der Waals surface area contributed by atoms with Crippen LogP contribution in [-0.4, -0.2) is 17.4 Å². The van der Waals surface area contributed by atoms with Gasteiger partial charge in [-0.3, -0.25) is 4.79 Å². The second-order valence-corrected chi connectivity index (χ2v) is 4.96. The Morgan fingerprint density at radius 2 is 2.00 bits per heavy atom. The molecule has 2 aromatic rings. The van der Waals surface area contributed by atoms with E-state index in [4.69, 9.17) is 4.74 Å². The molecular formula is C15H12F3NO2. The van der Waals surface area contributed by atoms with Crippen molar-refractivity contribution in [3.63, 3.8) is 0 Å². The van der Waals surface area contributed by atoms with Gasteiger partial charge in [-0.2, -0.15) is 13.2 Å². The van der Waals surface area contributed by atoms with Crippen LogP contribution in [0.2, 0.25) is 0 Å². The van der Waals surface area contributed by atoms with Crippen LogP contribution in [0, 0.1) is 0 Å². The molecule has 0 radical (unpaired) electrons. The molecule has 0 spiro atoms. The number of ketones is 1. The molecule has 0 aliphatic carbocycles. The predicted molar refractivity (Wildman–Crippen MR) is 69.7 cm³/mol. The molecule has 1 aliphatic heterocycles. The molecule has 2 heterocycles. The van der Waals surface area contributed by atoms with Gasteiger partial charge in [0.25, 0.3) is 0 Å². The lowest BCUT2D eigenvalue weighted by Crippen LogP contribution is -2.20. The molecule has 21 heavy (non-hydrogen) atoms. The lowest BCUT2D eigenvalue weighted by molar-refractivity contribution is -0.141. The Hall–Kier alpha value is -1.95. The fourth-order valence-electron chi connectivity index (χ4n) is 2.50. The second kappa shape index (κ2) is 5.11. The molecule has 3 rings (SSSR count). The van der Waals surface area contributed by atoms with Crippen LogP contribution >= 0.6 is 0 Å². The van der Waals surface area contributed by atoms with Crippen LogP contribution < -0.4 is 0 Å². The molecule has 1 fully saturated rings. The lowest BCUT2D eigenvalue weighted by atomic mass is 9.96. The van der Waals surface area contributed by atoms with Crippen molar-refractivity contribution in [1.82, 2.24) is 4.98 Å². The third-order valence-corrected chi connectivity index (χ3v) is 3.50. The smallest absolute Gasteiger partial charge is 0.373 e. The van der Waals surface area contributed by atoms with Crippen molar-refractivity contribution in [1.29, 1.82) is 0 Å². The van der Waals surface area contributed by atoms with E-state index < -0.39 is 18.0 Å². The lowest BCUT2D eigenvalue weighted by Gasteiger charge is -2.24. The molecule has 0 amide bonds. The second-order valence-electron chi connectivity index (χ2n) is 4.96. The number of nitrogens with zero attached hydrogens (tertiary/aromatic N) is 1. The largest absolute Gasteiger partial charge is 0.433 e. The highest BCUT2D eigenvalue weighted by atomic mass is 19.4. The summed E-state index contributed by atoms with van der Waals surface area (Å²) < 4.78 is 44.4. The summed E-state index contributed by atoms with van der Waals surface area (Å²) in [5.74, 6) is 0.000650. The molecule has 6 heteroatoms. The van der Waals surface area contributed by atoms with E-state index in [0.717, 1.165) is 6.07 Å².